The highest BCUT2D eigenvalue weighted by atomic mass is 16.6. The molecule has 1 atom stereocenters. The van der Waals surface area contributed by atoms with Gasteiger partial charge in [0.2, 0.25) is 17.4 Å². The van der Waals surface area contributed by atoms with Crippen LogP contribution in [-0.2, 0) is 23.9 Å². The average Bonchev–Trinajstić information content (AvgIpc) is 3.41. The van der Waals surface area contributed by atoms with Crippen molar-refractivity contribution in [2.75, 3.05) is 39.4 Å². The molecule has 3 amide bonds. The minimum Gasteiger partial charge on any atom is -0.481 e. The molecule has 1 aliphatic heterocycles. The molecule has 2 saturated carbocycles. The maximum Gasteiger partial charge on any atom is 0.409 e. The fraction of sp³-hybridized carbons (Fsp3) is 0.724. The van der Waals surface area contributed by atoms with Crippen molar-refractivity contribution in [3.63, 3.8) is 0 Å². The molecule has 3 fully saturated rings. The van der Waals surface area contributed by atoms with Gasteiger partial charge in [-0.25, -0.2) is 14.3 Å². The Balaban J connectivity index is 1.51. The lowest BCUT2D eigenvalue weighted by Crippen LogP contribution is -2.56. The van der Waals surface area contributed by atoms with E-state index in [0.29, 0.717) is 18.7 Å². The molecule has 1 aromatic rings. The van der Waals surface area contributed by atoms with Crippen LogP contribution in [0.4, 0.5) is 4.79 Å². The standard InChI is InChI=1S/C29H43N5O9/c1-3-41-27(39)29(13-8-14-29)43-23-19-22(31-34(23)20-9-6-5-7-10-20)25(37)30-21(11-12-24(35)36)26(38)32-15-17-33(18-16-32)28(40)42-4-2/h19-21H,3-18H2,1-2H3,(H,30,37)(H,35,36). The van der Waals surface area contributed by atoms with Gasteiger partial charge in [-0.3, -0.25) is 14.4 Å². The first-order chi connectivity index (χ1) is 20.7. The van der Waals surface area contributed by atoms with Crippen molar-refractivity contribution >= 4 is 29.8 Å². The number of esters is 1. The summed E-state index contributed by atoms with van der Waals surface area (Å²) in [6.07, 6.45) is 5.73. The van der Waals surface area contributed by atoms with Crippen molar-refractivity contribution in [1.29, 1.82) is 0 Å². The lowest BCUT2D eigenvalue weighted by atomic mass is 9.80. The van der Waals surface area contributed by atoms with E-state index in [1.54, 1.807) is 18.5 Å². The number of nitrogens with zero attached hydrogens (tertiary/aromatic N) is 4. The number of ether oxygens (including phenoxy) is 3. The van der Waals surface area contributed by atoms with E-state index in [-0.39, 0.29) is 64.0 Å². The van der Waals surface area contributed by atoms with Crippen molar-refractivity contribution in [3.05, 3.63) is 11.8 Å². The molecule has 14 heteroatoms. The molecular weight excluding hydrogens is 562 g/mol. The zero-order chi connectivity index (χ0) is 31.0. The number of amides is 3. The number of nitrogens with one attached hydrogen (secondary N) is 1. The van der Waals surface area contributed by atoms with Crippen LogP contribution < -0.4 is 10.1 Å². The Bertz CT molecular complexity index is 1170. The Hall–Kier alpha value is -3.84. The molecule has 1 aromatic heterocycles. The molecule has 1 unspecified atom stereocenters. The molecule has 43 heavy (non-hydrogen) atoms. The lowest BCUT2D eigenvalue weighted by Gasteiger charge is -2.39. The summed E-state index contributed by atoms with van der Waals surface area (Å²) in [6, 6.07) is 0.365. The third kappa shape index (κ3) is 7.77. The molecule has 2 heterocycles. The molecule has 2 aliphatic carbocycles. The maximum atomic E-state index is 13.5. The highest BCUT2D eigenvalue weighted by molar-refractivity contribution is 5.96. The number of aromatic nitrogens is 2. The van der Waals surface area contributed by atoms with E-state index in [2.05, 4.69) is 10.4 Å². The number of carboxylic acids is 1. The fourth-order valence-electron chi connectivity index (χ4n) is 5.76. The van der Waals surface area contributed by atoms with Gasteiger partial charge >= 0.3 is 18.0 Å². The SMILES string of the molecule is CCOC(=O)N1CCN(C(=O)C(CCC(=O)O)NC(=O)c2cc(OC3(C(=O)OCC)CCC3)n(C3CCCCC3)n2)CC1. The summed E-state index contributed by atoms with van der Waals surface area (Å²) >= 11 is 0. The monoisotopic (exact) mass is 605 g/mol. The van der Waals surface area contributed by atoms with Crippen LogP contribution in [0.25, 0.3) is 0 Å². The van der Waals surface area contributed by atoms with Crippen molar-refractivity contribution in [3.8, 4) is 5.88 Å². The smallest absolute Gasteiger partial charge is 0.409 e. The summed E-state index contributed by atoms with van der Waals surface area (Å²) in [7, 11) is 0. The number of carboxylic acid groups (broad SMARTS) is 1. The van der Waals surface area contributed by atoms with Crippen molar-refractivity contribution in [1.82, 2.24) is 24.9 Å². The summed E-state index contributed by atoms with van der Waals surface area (Å²) in [5.74, 6) is -2.32. The Kier molecular flexibility index (Phi) is 10.9. The zero-order valence-corrected chi connectivity index (χ0v) is 25.0. The number of piperazine rings is 1. The quantitative estimate of drug-likeness (QED) is 0.338. The topological polar surface area (TPSA) is 170 Å². The summed E-state index contributed by atoms with van der Waals surface area (Å²) in [5, 5.41) is 16.6. The van der Waals surface area contributed by atoms with Gasteiger partial charge in [0, 0.05) is 38.7 Å². The van der Waals surface area contributed by atoms with Crippen LogP contribution in [0.5, 0.6) is 5.88 Å². The summed E-state index contributed by atoms with van der Waals surface area (Å²) in [4.78, 5) is 66.2. The molecule has 0 radical (unpaired) electrons. The van der Waals surface area contributed by atoms with E-state index >= 15 is 0 Å². The van der Waals surface area contributed by atoms with Gasteiger partial charge in [0.25, 0.3) is 5.91 Å². The van der Waals surface area contributed by atoms with Crippen LogP contribution >= 0.6 is 0 Å². The van der Waals surface area contributed by atoms with E-state index in [1.807, 2.05) is 0 Å². The van der Waals surface area contributed by atoms with Gasteiger partial charge in [-0.2, -0.15) is 5.10 Å². The van der Waals surface area contributed by atoms with E-state index in [9.17, 15) is 29.1 Å². The Morgan fingerprint density at radius 3 is 2.21 bits per heavy atom. The zero-order valence-electron chi connectivity index (χ0n) is 25.0. The van der Waals surface area contributed by atoms with Crippen LogP contribution in [0, 0.1) is 0 Å². The predicted octanol–water partition coefficient (Wildman–Crippen LogP) is 2.52. The second kappa shape index (κ2) is 14.6. The predicted molar refractivity (Wildman–Crippen MR) is 151 cm³/mol. The third-order valence-electron chi connectivity index (χ3n) is 8.33. The highest BCUT2D eigenvalue weighted by Gasteiger charge is 2.49. The van der Waals surface area contributed by atoms with Crippen LogP contribution in [0.15, 0.2) is 6.07 Å². The first-order valence-corrected chi connectivity index (χ1v) is 15.4. The number of rotatable bonds is 12. The molecule has 0 bridgehead atoms. The van der Waals surface area contributed by atoms with Gasteiger partial charge in [0.1, 0.15) is 6.04 Å². The normalized spacial score (nSPS) is 19.1. The minimum absolute atomic E-state index is 0.00949. The van der Waals surface area contributed by atoms with Crippen LogP contribution in [-0.4, -0.2) is 106 Å². The van der Waals surface area contributed by atoms with Crippen molar-refractivity contribution < 1.29 is 43.3 Å². The van der Waals surface area contributed by atoms with Crippen LogP contribution in [0.3, 0.4) is 0 Å². The molecule has 0 aromatic carbocycles. The van der Waals surface area contributed by atoms with E-state index in [0.717, 1.165) is 38.5 Å². The van der Waals surface area contributed by atoms with Crippen molar-refractivity contribution in [2.24, 2.45) is 0 Å². The number of hydrogen-bond acceptors (Lipinski definition) is 9. The number of carbonyl (C=O) groups is 5. The lowest BCUT2D eigenvalue weighted by molar-refractivity contribution is -0.170. The summed E-state index contributed by atoms with van der Waals surface area (Å²) in [6.45, 7) is 4.89. The molecule has 14 nitrogen and oxygen atoms in total. The van der Waals surface area contributed by atoms with Gasteiger partial charge in [-0.05, 0) is 52.4 Å². The maximum absolute atomic E-state index is 13.5. The van der Waals surface area contributed by atoms with E-state index in [4.69, 9.17) is 14.2 Å². The third-order valence-corrected chi connectivity index (χ3v) is 8.33. The molecular formula is C29H43N5O9. The first-order valence-electron chi connectivity index (χ1n) is 15.4. The highest BCUT2D eigenvalue weighted by Crippen LogP contribution is 2.40. The molecule has 0 spiro atoms. The average molecular weight is 606 g/mol. The van der Waals surface area contributed by atoms with Crippen LogP contribution in [0.2, 0.25) is 0 Å². The molecule has 1 saturated heterocycles. The van der Waals surface area contributed by atoms with Crippen LogP contribution in [0.1, 0.15) is 94.6 Å². The molecule has 2 N–H and O–H groups in total. The number of aliphatic carboxylic acids is 1. The summed E-state index contributed by atoms with van der Waals surface area (Å²) < 4.78 is 18.3. The van der Waals surface area contributed by atoms with Gasteiger partial charge in [-0.15, -0.1) is 0 Å². The van der Waals surface area contributed by atoms with Gasteiger partial charge in [0.15, 0.2) is 5.69 Å². The van der Waals surface area contributed by atoms with Crippen molar-refractivity contribution in [2.45, 2.75) is 95.7 Å². The Morgan fingerprint density at radius 1 is 0.977 bits per heavy atom. The molecule has 3 aliphatic rings. The van der Waals surface area contributed by atoms with Gasteiger partial charge < -0.3 is 34.4 Å². The first kappa shape index (κ1) is 32.1. The Labute approximate surface area is 251 Å². The second-order valence-corrected chi connectivity index (χ2v) is 11.2. The van der Waals surface area contributed by atoms with E-state index in [1.165, 1.54) is 15.9 Å². The largest absolute Gasteiger partial charge is 0.481 e. The minimum atomic E-state index is -1.12. The molecule has 238 valence electrons. The van der Waals surface area contributed by atoms with Gasteiger partial charge in [-0.1, -0.05) is 19.3 Å². The molecule has 4 rings (SSSR count). The fourth-order valence-corrected chi connectivity index (χ4v) is 5.76. The number of hydrogen-bond donors (Lipinski definition) is 2. The number of carbonyl (C=O) groups excluding carboxylic acids is 4. The van der Waals surface area contributed by atoms with E-state index < -0.39 is 41.5 Å². The van der Waals surface area contributed by atoms with Gasteiger partial charge in [0.05, 0.1) is 19.3 Å². The summed E-state index contributed by atoms with van der Waals surface area (Å²) in [5.41, 5.74) is -1.11. The second-order valence-electron chi connectivity index (χ2n) is 11.2. The Morgan fingerprint density at radius 2 is 1.63 bits per heavy atom.